The molecule has 6 nitrogen and oxygen atoms in total. The lowest BCUT2D eigenvalue weighted by Gasteiger charge is -1.94. The molecule has 1 rings (SSSR count). The zero-order chi connectivity index (χ0) is 11.8. The molecule has 0 unspecified atom stereocenters. The van der Waals surface area contributed by atoms with E-state index in [1.165, 1.54) is 5.56 Å². The molecule has 0 amide bonds. The predicted octanol–water partition coefficient (Wildman–Crippen LogP) is 1.12. The van der Waals surface area contributed by atoms with Crippen LogP contribution in [0.15, 0.2) is 29.3 Å². The minimum Gasteiger partial charge on any atom is -0.450 e. The fourth-order valence-corrected chi connectivity index (χ4v) is 0.768. The minimum absolute atomic E-state index is 0.0915. The topological polar surface area (TPSA) is 122 Å². The van der Waals surface area contributed by atoms with Crippen LogP contribution in [0.3, 0.4) is 0 Å². The summed E-state index contributed by atoms with van der Waals surface area (Å²) in [5.41, 5.74) is 12.4. The van der Waals surface area contributed by atoms with Gasteiger partial charge in [0.2, 0.25) is 0 Å². The number of carbonyl (C=O) groups is 1. The number of hydrogen-bond acceptors (Lipinski definition) is 2. The summed E-state index contributed by atoms with van der Waals surface area (Å²) in [6, 6.07) is 7.66. The summed E-state index contributed by atoms with van der Waals surface area (Å²) in [5.74, 6) is 0.0915. The van der Waals surface area contributed by atoms with Gasteiger partial charge in [0.25, 0.3) is 0 Å². The van der Waals surface area contributed by atoms with Gasteiger partial charge in [0.1, 0.15) is 0 Å². The highest BCUT2D eigenvalue weighted by Crippen LogP contribution is 2.11. The molecule has 6 N–H and O–H groups in total. The third-order valence-corrected chi connectivity index (χ3v) is 1.29. The molecule has 0 spiro atoms. The summed E-state index contributed by atoms with van der Waals surface area (Å²) in [5, 5.41) is 13.9. The van der Waals surface area contributed by atoms with Crippen molar-refractivity contribution < 1.29 is 15.0 Å². The second-order valence-electron chi connectivity index (χ2n) is 2.65. The van der Waals surface area contributed by atoms with Gasteiger partial charge in [-0.3, -0.25) is 0 Å². The van der Waals surface area contributed by atoms with Gasteiger partial charge in [0.05, 0.1) is 5.69 Å². The summed E-state index contributed by atoms with van der Waals surface area (Å²) in [4.78, 5) is 12.4. The molecule has 0 heterocycles. The molecule has 0 aliphatic carbocycles. The van der Waals surface area contributed by atoms with E-state index in [9.17, 15) is 0 Å². The Balaban J connectivity index is 0.000000423. The van der Waals surface area contributed by atoms with E-state index in [2.05, 4.69) is 4.99 Å². The van der Waals surface area contributed by atoms with Crippen LogP contribution in [0.1, 0.15) is 5.56 Å². The van der Waals surface area contributed by atoms with Gasteiger partial charge in [0, 0.05) is 0 Å². The van der Waals surface area contributed by atoms with Gasteiger partial charge in [-0.1, -0.05) is 17.7 Å². The molecule has 0 aliphatic heterocycles. The summed E-state index contributed by atoms with van der Waals surface area (Å²) < 4.78 is 0. The van der Waals surface area contributed by atoms with Gasteiger partial charge in [-0.25, -0.2) is 9.79 Å². The van der Waals surface area contributed by atoms with Crippen molar-refractivity contribution in [3.63, 3.8) is 0 Å². The van der Waals surface area contributed by atoms with Crippen LogP contribution in [0.5, 0.6) is 0 Å². The number of rotatable bonds is 1. The Morgan fingerprint density at radius 3 is 1.93 bits per heavy atom. The van der Waals surface area contributed by atoms with Crippen LogP contribution < -0.4 is 11.5 Å². The molecule has 15 heavy (non-hydrogen) atoms. The van der Waals surface area contributed by atoms with Gasteiger partial charge in [-0.2, -0.15) is 0 Å². The van der Waals surface area contributed by atoms with E-state index in [4.69, 9.17) is 26.5 Å². The van der Waals surface area contributed by atoms with Gasteiger partial charge in [-0.15, -0.1) is 0 Å². The molecule has 0 bridgehead atoms. The summed E-state index contributed by atoms with van der Waals surface area (Å²) in [7, 11) is 0. The molecule has 0 radical (unpaired) electrons. The molecule has 0 aliphatic rings. The van der Waals surface area contributed by atoms with Crippen LogP contribution in [0.25, 0.3) is 0 Å². The van der Waals surface area contributed by atoms with Crippen LogP contribution in [-0.2, 0) is 0 Å². The Hall–Kier alpha value is -2.24. The normalized spacial score (nSPS) is 8.33. The van der Waals surface area contributed by atoms with Crippen LogP contribution >= 0.6 is 0 Å². The Morgan fingerprint density at radius 2 is 1.60 bits per heavy atom. The number of aliphatic imine (C=N–C) groups is 1. The maximum Gasteiger partial charge on any atom is 0.503 e. The molecule has 0 aromatic heterocycles. The van der Waals surface area contributed by atoms with Gasteiger partial charge < -0.3 is 21.7 Å². The summed E-state index contributed by atoms with van der Waals surface area (Å²) >= 11 is 0. The van der Waals surface area contributed by atoms with Gasteiger partial charge in [0.15, 0.2) is 5.96 Å². The Labute approximate surface area is 86.9 Å². The second-order valence-corrected chi connectivity index (χ2v) is 2.65. The quantitative estimate of drug-likeness (QED) is 0.409. The molecular formula is C9H13N3O3. The number of nitrogens with zero attached hydrogens (tertiary/aromatic N) is 1. The molecule has 0 saturated carbocycles. The third kappa shape index (κ3) is 8.10. The number of carboxylic acid groups (broad SMARTS) is 2. The van der Waals surface area contributed by atoms with Crippen molar-refractivity contribution >= 4 is 17.8 Å². The van der Waals surface area contributed by atoms with Crippen molar-refractivity contribution in [3.05, 3.63) is 29.8 Å². The van der Waals surface area contributed by atoms with Crippen LogP contribution in [0.2, 0.25) is 0 Å². The summed E-state index contributed by atoms with van der Waals surface area (Å²) in [6.45, 7) is 2.01. The number of nitrogens with two attached hydrogens (primary N) is 2. The van der Waals surface area contributed by atoms with Gasteiger partial charge >= 0.3 is 6.16 Å². The highest BCUT2D eigenvalue weighted by molar-refractivity contribution is 5.78. The average molecular weight is 211 g/mol. The maximum atomic E-state index is 8.56. The Bertz CT molecular complexity index is 338. The smallest absolute Gasteiger partial charge is 0.450 e. The zero-order valence-corrected chi connectivity index (χ0v) is 8.21. The van der Waals surface area contributed by atoms with Crippen LogP contribution in [0, 0.1) is 6.92 Å². The highest BCUT2D eigenvalue weighted by Gasteiger charge is 1.87. The highest BCUT2D eigenvalue weighted by atomic mass is 16.6. The van der Waals surface area contributed by atoms with E-state index < -0.39 is 6.16 Å². The number of benzene rings is 1. The van der Waals surface area contributed by atoms with E-state index in [-0.39, 0.29) is 5.96 Å². The van der Waals surface area contributed by atoms with E-state index in [1.807, 2.05) is 31.2 Å². The number of hydrogen-bond donors (Lipinski definition) is 4. The summed E-state index contributed by atoms with van der Waals surface area (Å²) in [6.07, 6.45) is -1.83. The van der Waals surface area contributed by atoms with Crippen molar-refractivity contribution in [3.8, 4) is 0 Å². The molecule has 0 fully saturated rings. The van der Waals surface area contributed by atoms with Crippen molar-refractivity contribution in [2.24, 2.45) is 16.5 Å². The first kappa shape index (κ1) is 12.8. The van der Waals surface area contributed by atoms with E-state index >= 15 is 0 Å². The van der Waals surface area contributed by atoms with Gasteiger partial charge in [-0.05, 0) is 19.1 Å². The van der Waals surface area contributed by atoms with Crippen LogP contribution in [-0.4, -0.2) is 22.3 Å². The van der Waals surface area contributed by atoms with E-state index in [0.717, 1.165) is 5.69 Å². The number of guanidine groups is 1. The standard InChI is InChI=1S/C8H11N3.CH2O3/c1-6-2-4-7(5-3-6)11-8(9)10;2-1(3)4/h2-5H,1H3,(H4,9,10,11);(H2,2,3,4). The van der Waals surface area contributed by atoms with Crippen molar-refractivity contribution in [2.45, 2.75) is 6.92 Å². The van der Waals surface area contributed by atoms with Crippen molar-refractivity contribution in [1.82, 2.24) is 0 Å². The Morgan fingerprint density at radius 1 is 1.20 bits per heavy atom. The van der Waals surface area contributed by atoms with E-state index in [1.54, 1.807) is 0 Å². The molecule has 0 atom stereocenters. The first-order valence-electron chi connectivity index (χ1n) is 4.00. The monoisotopic (exact) mass is 211 g/mol. The molecule has 6 heteroatoms. The Kier molecular flexibility index (Phi) is 5.32. The molecule has 82 valence electrons. The molecule has 0 saturated heterocycles. The molecule has 1 aromatic rings. The predicted molar refractivity (Wildman–Crippen MR) is 57.3 cm³/mol. The van der Waals surface area contributed by atoms with Crippen LogP contribution in [0.4, 0.5) is 10.5 Å². The van der Waals surface area contributed by atoms with Crippen molar-refractivity contribution in [1.29, 1.82) is 0 Å². The largest absolute Gasteiger partial charge is 0.503 e. The first-order valence-corrected chi connectivity index (χ1v) is 4.00. The molecular weight excluding hydrogens is 198 g/mol. The lowest BCUT2D eigenvalue weighted by atomic mass is 10.2. The lowest BCUT2D eigenvalue weighted by Crippen LogP contribution is -2.21. The second kappa shape index (κ2) is 6.25. The fourth-order valence-electron chi connectivity index (χ4n) is 0.768. The third-order valence-electron chi connectivity index (χ3n) is 1.29. The number of aryl methyl sites for hydroxylation is 1. The lowest BCUT2D eigenvalue weighted by molar-refractivity contribution is 0.137. The fraction of sp³-hybridized carbons (Fsp3) is 0.111. The minimum atomic E-state index is -1.83. The van der Waals surface area contributed by atoms with E-state index in [0.29, 0.717) is 0 Å². The average Bonchev–Trinajstić information content (AvgIpc) is 2.07. The molecule has 1 aromatic carbocycles. The maximum absolute atomic E-state index is 8.56. The zero-order valence-electron chi connectivity index (χ0n) is 8.21. The SMILES string of the molecule is Cc1ccc(N=C(N)N)cc1.O=C(O)O. The first-order chi connectivity index (χ1) is 6.91. The van der Waals surface area contributed by atoms with Crippen molar-refractivity contribution in [2.75, 3.05) is 0 Å².